The van der Waals surface area contributed by atoms with E-state index in [2.05, 4.69) is 95.7 Å². The first kappa shape index (κ1) is 24.3. The molecule has 4 aromatic rings. The fourth-order valence-corrected chi connectivity index (χ4v) is 3.84. The van der Waals surface area contributed by atoms with Gasteiger partial charge in [-0.05, 0) is 10.9 Å². The molecule has 0 aromatic heterocycles. The molecule has 0 saturated heterocycles. The second-order valence-electron chi connectivity index (χ2n) is 6.17. The maximum atomic E-state index is 3.51. The van der Waals surface area contributed by atoms with Crippen molar-refractivity contribution in [3.8, 4) is 11.1 Å². The summed E-state index contributed by atoms with van der Waals surface area (Å²) >= 11 is 3.51. The van der Waals surface area contributed by atoms with Crippen LogP contribution < -0.4 is 24.8 Å². The molecule has 0 amide bonds. The van der Waals surface area contributed by atoms with E-state index in [9.17, 15) is 0 Å². The van der Waals surface area contributed by atoms with Gasteiger partial charge in [-0.3, -0.25) is 0 Å². The molecule has 27 heavy (non-hydrogen) atoms. The number of rotatable bonds is 0. The Bertz CT molecular complexity index is 980. The topological polar surface area (TPSA) is 0 Å². The number of benzene rings is 3. The average molecular weight is 535 g/mol. The van der Waals surface area contributed by atoms with Gasteiger partial charge in [0.25, 0.3) is 0 Å². The zero-order chi connectivity index (χ0) is 16.5. The second-order valence-corrected chi connectivity index (χ2v) is 7.03. The van der Waals surface area contributed by atoms with Crippen molar-refractivity contribution in [3.63, 3.8) is 0 Å². The Morgan fingerprint density at radius 1 is 0.926 bits per heavy atom. The van der Waals surface area contributed by atoms with Crippen molar-refractivity contribution in [1.82, 2.24) is 0 Å². The van der Waals surface area contributed by atoms with Crippen molar-refractivity contribution < 1.29 is 51.0 Å². The van der Waals surface area contributed by atoms with E-state index in [1.54, 1.807) is 0 Å². The molecule has 0 bridgehead atoms. The summed E-state index contributed by atoms with van der Waals surface area (Å²) in [6, 6.07) is 28.8. The Kier molecular flexibility index (Phi) is 9.59. The minimum absolute atomic E-state index is 0. The molecule has 0 spiro atoms. The molecule has 0 fully saturated rings. The van der Waals surface area contributed by atoms with Crippen LogP contribution in [-0.4, -0.2) is 0 Å². The predicted octanol–water partition coefficient (Wildman–Crippen LogP) is 0.693. The molecule has 5 rings (SSSR count). The fraction of sp³-hybridized carbons (Fsp3) is 0.0870. The summed E-state index contributed by atoms with van der Waals surface area (Å²) in [7, 11) is 0. The van der Waals surface area contributed by atoms with Crippen molar-refractivity contribution in [2.75, 3.05) is 0 Å². The van der Waals surface area contributed by atoms with E-state index in [1.807, 2.05) is 6.07 Å². The molecule has 0 heterocycles. The summed E-state index contributed by atoms with van der Waals surface area (Å²) < 4.78 is 1.18. The number of fused-ring (bicyclic) bond motifs is 4. The van der Waals surface area contributed by atoms with Crippen LogP contribution in [0.3, 0.4) is 0 Å². The Hall–Kier alpha value is -0.787. The summed E-state index contributed by atoms with van der Waals surface area (Å²) in [5, 5.41) is 2.63. The van der Waals surface area contributed by atoms with Crippen LogP contribution in [0.2, 0.25) is 0 Å². The average Bonchev–Trinajstić information content (AvgIpc) is 3.16. The first-order valence-electron chi connectivity index (χ1n) is 8.12. The zero-order valence-corrected chi connectivity index (χ0v) is 20.3. The maximum absolute atomic E-state index is 3.51. The largest absolute Gasteiger partial charge is 4.00 e. The van der Waals surface area contributed by atoms with Crippen molar-refractivity contribution in [2.45, 2.75) is 13.3 Å². The van der Waals surface area contributed by atoms with Gasteiger partial charge in [-0.2, -0.15) is 35.9 Å². The maximum Gasteiger partial charge on any atom is 4.00 e. The van der Waals surface area contributed by atoms with E-state index in [4.69, 9.17) is 0 Å². The molecule has 0 aliphatic heterocycles. The van der Waals surface area contributed by atoms with Crippen LogP contribution in [-0.2, 0) is 32.6 Å². The Balaban J connectivity index is 0.000000246. The second kappa shape index (κ2) is 10.7. The van der Waals surface area contributed by atoms with E-state index >= 15 is 0 Å². The van der Waals surface area contributed by atoms with Crippen LogP contribution in [0.25, 0.3) is 21.9 Å². The van der Waals surface area contributed by atoms with Gasteiger partial charge in [0.1, 0.15) is 0 Å². The van der Waals surface area contributed by atoms with Crippen LogP contribution in [0, 0.1) is 13.0 Å². The third-order valence-corrected chi connectivity index (χ3v) is 5.15. The van der Waals surface area contributed by atoms with Gasteiger partial charge < -0.3 is 24.8 Å². The molecule has 0 radical (unpaired) electrons. The van der Waals surface area contributed by atoms with E-state index in [-0.39, 0.29) is 51.0 Å². The summed E-state index contributed by atoms with van der Waals surface area (Å²) in [5.41, 5.74) is 6.84. The fourth-order valence-electron chi connectivity index (χ4n) is 3.34. The molecule has 4 heteroatoms. The minimum Gasteiger partial charge on any atom is -1.00 e. The Labute approximate surface area is 200 Å². The first-order valence-corrected chi connectivity index (χ1v) is 8.91. The standard InChI is InChI=1S/C13H9.C10H8Br.2ClH.Zr/c1-3-7-12-10(5-1)9-11-6-2-4-8-13(11)12;1-7-5-8-3-2-4-10(11)9(8)6-7;;;/h1-5,7-8H,9H2;2-6H,1H3;2*1H;/q2*-1;;;+4/p-2. The first-order chi connectivity index (χ1) is 11.7. The smallest absolute Gasteiger partial charge is 1.00 e. The number of halogens is 3. The molecule has 0 unspecified atom stereocenters. The Morgan fingerprint density at radius 3 is 2.44 bits per heavy atom. The van der Waals surface area contributed by atoms with E-state index in [1.165, 1.54) is 43.1 Å². The molecular weight excluding hydrogens is 518 g/mol. The van der Waals surface area contributed by atoms with Gasteiger partial charge in [-0.15, -0.1) is 40.1 Å². The van der Waals surface area contributed by atoms with E-state index < -0.39 is 0 Å². The van der Waals surface area contributed by atoms with E-state index in [0.29, 0.717) is 0 Å². The zero-order valence-electron chi connectivity index (χ0n) is 14.8. The van der Waals surface area contributed by atoms with Gasteiger partial charge in [0.2, 0.25) is 0 Å². The molecule has 1 aliphatic carbocycles. The third-order valence-electron chi connectivity index (χ3n) is 4.46. The van der Waals surface area contributed by atoms with Crippen molar-refractivity contribution in [3.05, 3.63) is 100 Å². The van der Waals surface area contributed by atoms with E-state index in [0.717, 1.165) is 6.42 Å². The molecular formula is C23H17BrCl2Zr. The van der Waals surface area contributed by atoms with Crippen LogP contribution in [0.5, 0.6) is 0 Å². The van der Waals surface area contributed by atoms with Gasteiger partial charge in [0, 0.05) is 0 Å². The minimum atomic E-state index is 0. The third kappa shape index (κ3) is 5.18. The normalized spacial score (nSPS) is 10.3. The number of hydrogen-bond acceptors (Lipinski definition) is 0. The summed E-state index contributed by atoms with van der Waals surface area (Å²) in [5.74, 6) is 0. The van der Waals surface area contributed by atoms with Crippen molar-refractivity contribution >= 4 is 26.7 Å². The van der Waals surface area contributed by atoms with Gasteiger partial charge in [0.05, 0.1) is 0 Å². The monoisotopic (exact) mass is 532 g/mol. The molecule has 4 aromatic carbocycles. The van der Waals surface area contributed by atoms with Crippen LogP contribution in [0.1, 0.15) is 16.7 Å². The quantitative estimate of drug-likeness (QED) is 0.256. The predicted molar refractivity (Wildman–Crippen MR) is 105 cm³/mol. The van der Waals surface area contributed by atoms with Crippen LogP contribution in [0.15, 0.2) is 77.3 Å². The molecule has 0 N–H and O–H groups in total. The molecule has 0 nitrogen and oxygen atoms in total. The SMILES string of the molecule is Cc1cc2c(Br)cccc2[cH-]1.[Cl-].[Cl-].[Zr+4].[c-]1cccc2c1Cc1ccccc1-2. The molecule has 1 aliphatic rings. The number of aryl methyl sites for hydroxylation is 1. The summed E-state index contributed by atoms with van der Waals surface area (Å²) in [4.78, 5) is 0. The van der Waals surface area contributed by atoms with Gasteiger partial charge in [-0.1, -0.05) is 64.3 Å². The summed E-state index contributed by atoms with van der Waals surface area (Å²) in [6.07, 6.45) is 1.05. The van der Waals surface area contributed by atoms with Gasteiger partial charge >= 0.3 is 26.2 Å². The molecule has 0 saturated carbocycles. The van der Waals surface area contributed by atoms with Crippen molar-refractivity contribution in [2.24, 2.45) is 0 Å². The summed E-state index contributed by atoms with van der Waals surface area (Å²) in [6.45, 7) is 2.12. The Morgan fingerprint density at radius 2 is 1.67 bits per heavy atom. The number of hydrogen-bond donors (Lipinski definition) is 0. The van der Waals surface area contributed by atoms with Crippen LogP contribution >= 0.6 is 15.9 Å². The van der Waals surface area contributed by atoms with Crippen LogP contribution in [0.4, 0.5) is 0 Å². The van der Waals surface area contributed by atoms with Gasteiger partial charge in [-0.25, -0.2) is 0 Å². The van der Waals surface area contributed by atoms with Crippen molar-refractivity contribution in [1.29, 1.82) is 0 Å². The molecule has 0 atom stereocenters. The van der Waals surface area contributed by atoms with Gasteiger partial charge in [0.15, 0.2) is 0 Å². The molecule has 134 valence electrons.